The smallest absolute Gasteiger partial charge is 0.375 e. The maximum atomic E-state index is 13.1. The van der Waals surface area contributed by atoms with E-state index in [1.165, 1.54) is 89.5 Å². The fourth-order valence-corrected chi connectivity index (χ4v) is 5.94. The third kappa shape index (κ3) is 13.3. The van der Waals surface area contributed by atoms with Crippen molar-refractivity contribution in [2.75, 3.05) is 31.6 Å². The summed E-state index contributed by atoms with van der Waals surface area (Å²) < 4.78 is 15.2. The second kappa shape index (κ2) is 20.2. The van der Waals surface area contributed by atoms with Crippen LogP contribution in [0.25, 0.3) is 0 Å². The van der Waals surface area contributed by atoms with Gasteiger partial charge in [0.1, 0.15) is 0 Å². The quantitative estimate of drug-likeness (QED) is 0.0666. The minimum Gasteiger partial charge on any atom is -0.375 e. The first-order valence-corrected chi connectivity index (χ1v) is 18.5. The molecule has 0 radical (unpaired) electrons. The Morgan fingerprint density at radius 1 is 0.826 bits per heavy atom. The average molecular weight is 654 g/mol. The summed E-state index contributed by atoms with van der Waals surface area (Å²) in [5.41, 5.74) is 3.18. The number of benzene rings is 2. The number of carbonyl (C=O) groups excluding carboxylic acids is 2. The number of hydrogen-bond donors (Lipinski definition) is 3. The molecule has 0 atom stereocenters. The molecule has 0 spiro atoms. The molecule has 252 valence electrons. The molecule has 1 aliphatic carbocycles. The lowest BCUT2D eigenvalue weighted by Crippen LogP contribution is -2.33. The monoisotopic (exact) mass is 653 g/mol. The molecule has 0 aliphatic heterocycles. The summed E-state index contributed by atoms with van der Waals surface area (Å²) in [6, 6.07) is 14.9. The summed E-state index contributed by atoms with van der Waals surface area (Å²) in [5.74, 6) is -1.11. The van der Waals surface area contributed by atoms with Crippen LogP contribution in [0.5, 0.6) is 0 Å². The van der Waals surface area contributed by atoms with E-state index in [1.54, 1.807) is 18.2 Å². The number of nitrogens with zero attached hydrogens (tertiary/aromatic N) is 2. The number of fused-ring (bicyclic) bond motifs is 1. The Balaban J connectivity index is 1.45. The zero-order chi connectivity index (χ0) is 33.2. The second-order valence-electron chi connectivity index (χ2n) is 12.0. The van der Waals surface area contributed by atoms with Crippen molar-refractivity contribution in [1.82, 2.24) is 5.32 Å². The van der Waals surface area contributed by atoms with Gasteiger partial charge in [-0.3, -0.25) is 14.1 Å². The number of phosphoric ester groups is 1. The standard InChI is InChI=1S/C36H52N3O6P/c1-3-4-5-6-7-8-9-10-11-12-13-14-15-18-26-39(2)30-23-21-29(22-24-30)38-34-28-33(35(40)32-20-17-16-19-31(32)34)36(41)37-25-27-45-46(42,43)44/h16-17,19-24,28H,3-15,18,25-27H2,1-2H3,(H,37,41)(H2,42,43,44)/b38-34+. The first-order valence-electron chi connectivity index (χ1n) is 16.9. The molecule has 1 amide bonds. The highest BCUT2D eigenvalue weighted by Gasteiger charge is 2.28. The van der Waals surface area contributed by atoms with Crippen molar-refractivity contribution >= 4 is 36.6 Å². The molecule has 0 unspecified atom stereocenters. The molecule has 3 rings (SSSR count). The van der Waals surface area contributed by atoms with Crippen molar-refractivity contribution in [2.24, 2.45) is 4.99 Å². The molecule has 46 heavy (non-hydrogen) atoms. The largest absolute Gasteiger partial charge is 0.469 e. The summed E-state index contributed by atoms with van der Waals surface area (Å²) in [6.45, 7) is 2.69. The summed E-state index contributed by atoms with van der Waals surface area (Å²) in [6.07, 6.45) is 20.3. The number of ketones is 1. The van der Waals surface area contributed by atoms with Crippen LogP contribution in [0.1, 0.15) is 113 Å². The van der Waals surface area contributed by atoms with Crippen molar-refractivity contribution in [3.05, 3.63) is 71.3 Å². The number of rotatable bonds is 22. The molecule has 0 fully saturated rings. The van der Waals surface area contributed by atoms with Crippen LogP contribution >= 0.6 is 7.82 Å². The van der Waals surface area contributed by atoms with Gasteiger partial charge in [0.05, 0.1) is 23.6 Å². The summed E-state index contributed by atoms with van der Waals surface area (Å²) in [5, 5.41) is 2.48. The third-order valence-corrected chi connectivity index (χ3v) is 8.77. The molecule has 0 aromatic heterocycles. The van der Waals surface area contributed by atoms with E-state index in [9.17, 15) is 14.2 Å². The molecule has 10 heteroatoms. The summed E-state index contributed by atoms with van der Waals surface area (Å²) >= 11 is 0. The highest BCUT2D eigenvalue weighted by molar-refractivity contribution is 7.46. The number of anilines is 1. The minimum atomic E-state index is -4.65. The lowest BCUT2D eigenvalue weighted by Gasteiger charge is -2.20. The molecule has 0 heterocycles. The van der Waals surface area contributed by atoms with Crippen LogP contribution < -0.4 is 10.2 Å². The molecule has 2 aromatic carbocycles. The van der Waals surface area contributed by atoms with Crippen LogP contribution in [0.15, 0.2) is 65.2 Å². The van der Waals surface area contributed by atoms with Gasteiger partial charge >= 0.3 is 7.82 Å². The van der Waals surface area contributed by atoms with E-state index in [2.05, 4.69) is 28.7 Å². The highest BCUT2D eigenvalue weighted by Crippen LogP contribution is 2.35. The van der Waals surface area contributed by atoms with Gasteiger partial charge in [0.15, 0.2) is 5.78 Å². The zero-order valence-electron chi connectivity index (χ0n) is 27.6. The molecule has 0 saturated heterocycles. The normalized spacial score (nSPS) is 13.9. The van der Waals surface area contributed by atoms with E-state index in [0.29, 0.717) is 22.5 Å². The SMILES string of the molecule is CCCCCCCCCCCCCCCCN(C)c1ccc(/N=C2\C=C(C(=O)NCCOP(=O)(O)O)C(=O)c3ccccc32)cc1. The Hall–Kier alpha value is -3.10. The first-order chi connectivity index (χ1) is 22.2. The van der Waals surface area contributed by atoms with Gasteiger partial charge in [0, 0.05) is 37.0 Å². The van der Waals surface area contributed by atoms with Crippen LogP contribution in [0.2, 0.25) is 0 Å². The van der Waals surface area contributed by atoms with Crippen molar-refractivity contribution in [3.8, 4) is 0 Å². The van der Waals surface area contributed by atoms with Gasteiger partial charge < -0.3 is 20.0 Å². The van der Waals surface area contributed by atoms with Crippen molar-refractivity contribution in [1.29, 1.82) is 0 Å². The molecule has 2 aromatic rings. The summed E-state index contributed by atoms with van der Waals surface area (Å²) in [7, 11) is -2.54. The van der Waals surface area contributed by atoms with E-state index in [0.717, 1.165) is 18.7 Å². The number of unbranched alkanes of at least 4 members (excludes halogenated alkanes) is 13. The predicted molar refractivity (Wildman–Crippen MR) is 186 cm³/mol. The van der Waals surface area contributed by atoms with Gasteiger partial charge in [-0.2, -0.15) is 0 Å². The molecular formula is C36H52N3O6P. The van der Waals surface area contributed by atoms with Gasteiger partial charge in [-0.25, -0.2) is 9.56 Å². The maximum absolute atomic E-state index is 13.1. The molecule has 1 aliphatic rings. The van der Waals surface area contributed by atoms with Crippen LogP contribution in [0.4, 0.5) is 11.4 Å². The van der Waals surface area contributed by atoms with Crippen LogP contribution in [-0.4, -0.2) is 53.9 Å². The lowest BCUT2D eigenvalue weighted by molar-refractivity contribution is -0.117. The average Bonchev–Trinajstić information content (AvgIpc) is 3.04. The van der Waals surface area contributed by atoms with E-state index < -0.39 is 26.1 Å². The van der Waals surface area contributed by atoms with Gasteiger partial charge in [0.25, 0.3) is 5.91 Å². The van der Waals surface area contributed by atoms with Crippen LogP contribution in [0, 0.1) is 0 Å². The highest BCUT2D eigenvalue weighted by atomic mass is 31.2. The number of carbonyl (C=O) groups is 2. The Labute approximate surface area is 274 Å². The Morgan fingerprint density at radius 3 is 1.93 bits per heavy atom. The Bertz CT molecular complexity index is 1350. The van der Waals surface area contributed by atoms with Crippen molar-refractivity contribution in [2.45, 2.75) is 96.8 Å². The van der Waals surface area contributed by atoms with Gasteiger partial charge in [0.2, 0.25) is 0 Å². The number of allylic oxidation sites excluding steroid dienone is 1. The van der Waals surface area contributed by atoms with Gasteiger partial charge in [-0.05, 0) is 36.8 Å². The number of amides is 1. The lowest BCUT2D eigenvalue weighted by atomic mass is 9.88. The van der Waals surface area contributed by atoms with E-state index in [-0.39, 0.29) is 12.1 Å². The minimum absolute atomic E-state index is 0.0989. The number of hydrogen-bond acceptors (Lipinski definition) is 6. The number of aliphatic imine (C=N–C) groups is 1. The van der Waals surface area contributed by atoms with Gasteiger partial charge in [-0.15, -0.1) is 0 Å². The topological polar surface area (TPSA) is 129 Å². The molecule has 9 nitrogen and oxygen atoms in total. The fraction of sp³-hybridized carbons (Fsp3) is 0.528. The molecule has 3 N–H and O–H groups in total. The molecule has 0 saturated carbocycles. The van der Waals surface area contributed by atoms with Crippen molar-refractivity contribution < 1.29 is 28.5 Å². The van der Waals surface area contributed by atoms with E-state index in [4.69, 9.17) is 14.8 Å². The Kier molecular flexibility index (Phi) is 16.4. The maximum Gasteiger partial charge on any atom is 0.469 e. The second-order valence-corrected chi connectivity index (χ2v) is 13.3. The van der Waals surface area contributed by atoms with Crippen LogP contribution in [-0.2, 0) is 13.9 Å². The Morgan fingerprint density at radius 2 is 1.37 bits per heavy atom. The van der Waals surface area contributed by atoms with E-state index >= 15 is 0 Å². The predicted octanol–water partition coefficient (Wildman–Crippen LogP) is 8.07. The molecular weight excluding hydrogens is 601 g/mol. The summed E-state index contributed by atoms with van der Waals surface area (Å²) in [4.78, 5) is 50.5. The van der Waals surface area contributed by atoms with Crippen molar-refractivity contribution in [3.63, 3.8) is 0 Å². The van der Waals surface area contributed by atoms with Crippen LogP contribution in [0.3, 0.4) is 0 Å². The number of phosphoric acid groups is 1. The first kappa shape index (κ1) is 37.4. The van der Waals surface area contributed by atoms with E-state index in [1.807, 2.05) is 30.3 Å². The third-order valence-electron chi connectivity index (χ3n) is 8.25. The fourth-order valence-electron chi connectivity index (χ4n) is 5.61. The number of nitrogens with one attached hydrogen (secondary N) is 1. The number of Topliss-reactive ketones (excluding diaryl/α,β-unsaturated/α-hetero) is 1. The zero-order valence-corrected chi connectivity index (χ0v) is 28.5. The van der Waals surface area contributed by atoms with Gasteiger partial charge in [-0.1, -0.05) is 115 Å². The molecule has 0 bridgehead atoms.